The monoisotopic (exact) mass is 381 g/mol. The van der Waals surface area contributed by atoms with Crippen LogP contribution in [0, 0.1) is 5.82 Å². The van der Waals surface area contributed by atoms with Crippen molar-refractivity contribution in [3.63, 3.8) is 0 Å². The van der Waals surface area contributed by atoms with Gasteiger partial charge in [-0.3, -0.25) is 9.80 Å². The minimum absolute atomic E-state index is 0.0325. The van der Waals surface area contributed by atoms with Gasteiger partial charge in [0.1, 0.15) is 17.4 Å². The van der Waals surface area contributed by atoms with Crippen LogP contribution in [0.3, 0.4) is 0 Å². The van der Waals surface area contributed by atoms with Crippen molar-refractivity contribution < 1.29 is 8.81 Å². The van der Waals surface area contributed by atoms with Crippen LogP contribution in [0.1, 0.15) is 24.4 Å². The summed E-state index contributed by atoms with van der Waals surface area (Å²) in [5, 5.41) is 8.98. The van der Waals surface area contributed by atoms with Gasteiger partial charge in [0.05, 0.1) is 24.9 Å². The number of aromatic nitrogens is 3. The summed E-state index contributed by atoms with van der Waals surface area (Å²) in [7, 11) is 2.15. The van der Waals surface area contributed by atoms with E-state index in [0.717, 1.165) is 68.5 Å². The quantitative estimate of drug-likeness (QED) is 0.698. The van der Waals surface area contributed by atoms with Crippen molar-refractivity contribution >= 4 is 0 Å². The first-order valence-electron chi connectivity index (χ1n) is 9.77. The van der Waals surface area contributed by atoms with Crippen LogP contribution in [0.5, 0.6) is 0 Å². The first-order valence-corrected chi connectivity index (χ1v) is 9.77. The standard InChI is InChI=1S/C21H24FN5O/c1-25-14-19-23-24-20(16-4-6-17(22)7-5-16)27(19)21(15-25)8-10-26(11-9-21)13-18-3-2-12-28-18/h2-7,12H,8-11,13-15H2,1H3. The Morgan fingerprint density at radius 3 is 2.61 bits per heavy atom. The van der Waals surface area contributed by atoms with Crippen molar-refractivity contribution in [3.05, 3.63) is 60.1 Å². The Kier molecular flexibility index (Phi) is 4.29. The lowest BCUT2D eigenvalue weighted by Crippen LogP contribution is -2.55. The van der Waals surface area contributed by atoms with Crippen LogP contribution in [0.15, 0.2) is 47.1 Å². The average Bonchev–Trinajstić information content (AvgIpc) is 3.34. The Balaban J connectivity index is 1.45. The molecule has 1 aromatic carbocycles. The lowest BCUT2D eigenvalue weighted by molar-refractivity contribution is 0.0467. The van der Waals surface area contributed by atoms with Gasteiger partial charge in [0.15, 0.2) is 5.82 Å². The molecule has 146 valence electrons. The van der Waals surface area contributed by atoms with Gasteiger partial charge in [0, 0.05) is 25.2 Å². The molecule has 0 bridgehead atoms. The Morgan fingerprint density at radius 2 is 1.89 bits per heavy atom. The van der Waals surface area contributed by atoms with Crippen LogP contribution in [-0.2, 0) is 18.6 Å². The van der Waals surface area contributed by atoms with Gasteiger partial charge < -0.3 is 8.98 Å². The lowest BCUT2D eigenvalue weighted by atomic mass is 9.84. The van der Waals surface area contributed by atoms with Gasteiger partial charge in [0.2, 0.25) is 0 Å². The van der Waals surface area contributed by atoms with E-state index in [1.807, 2.05) is 12.1 Å². The molecule has 0 atom stereocenters. The molecule has 7 heteroatoms. The third-order valence-electron chi connectivity index (χ3n) is 6.03. The molecule has 4 heterocycles. The Morgan fingerprint density at radius 1 is 1.11 bits per heavy atom. The first kappa shape index (κ1) is 17.6. The second-order valence-corrected chi connectivity index (χ2v) is 8.03. The maximum Gasteiger partial charge on any atom is 0.164 e. The highest BCUT2D eigenvalue weighted by Crippen LogP contribution is 2.39. The molecule has 1 fully saturated rings. The van der Waals surface area contributed by atoms with E-state index >= 15 is 0 Å². The average molecular weight is 381 g/mol. The highest BCUT2D eigenvalue weighted by molar-refractivity contribution is 5.56. The molecule has 0 aliphatic carbocycles. The van der Waals surface area contributed by atoms with Gasteiger partial charge >= 0.3 is 0 Å². The summed E-state index contributed by atoms with van der Waals surface area (Å²) in [6, 6.07) is 10.5. The van der Waals surface area contributed by atoms with Gasteiger partial charge in [-0.15, -0.1) is 10.2 Å². The molecule has 1 saturated heterocycles. The fourth-order valence-electron chi connectivity index (χ4n) is 4.71. The molecular weight excluding hydrogens is 357 g/mol. The minimum atomic E-state index is -0.234. The number of benzene rings is 1. The van der Waals surface area contributed by atoms with E-state index in [2.05, 4.69) is 31.6 Å². The molecule has 0 radical (unpaired) electrons. The summed E-state index contributed by atoms with van der Waals surface area (Å²) in [6.45, 7) is 4.59. The number of rotatable bonds is 3. The number of likely N-dealkylation sites (tertiary alicyclic amines) is 1. The zero-order chi connectivity index (χ0) is 19.1. The van der Waals surface area contributed by atoms with Crippen LogP contribution in [0.25, 0.3) is 11.4 Å². The number of piperidine rings is 1. The summed E-state index contributed by atoms with van der Waals surface area (Å²) in [4.78, 5) is 4.78. The van der Waals surface area contributed by atoms with Crippen molar-refractivity contribution in [1.82, 2.24) is 24.6 Å². The number of furan rings is 1. The maximum atomic E-state index is 13.4. The fourth-order valence-corrected chi connectivity index (χ4v) is 4.71. The number of halogens is 1. The molecule has 0 saturated carbocycles. The topological polar surface area (TPSA) is 50.3 Å². The molecule has 1 spiro atoms. The third-order valence-corrected chi connectivity index (χ3v) is 6.03. The van der Waals surface area contributed by atoms with Crippen LogP contribution in [0.2, 0.25) is 0 Å². The summed E-state index contributed by atoms with van der Waals surface area (Å²) < 4.78 is 21.3. The van der Waals surface area contributed by atoms with Gasteiger partial charge in [-0.1, -0.05) is 0 Å². The summed E-state index contributed by atoms with van der Waals surface area (Å²) >= 11 is 0. The molecular formula is C21H24FN5O. The SMILES string of the molecule is CN1Cc2nnc(-c3ccc(F)cc3)n2C2(CCN(Cc3ccco3)CC2)C1. The van der Waals surface area contributed by atoms with E-state index in [4.69, 9.17) is 4.42 Å². The van der Waals surface area contributed by atoms with Crippen molar-refractivity contribution in [1.29, 1.82) is 0 Å². The molecule has 2 aromatic heterocycles. The number of hydrogen-bond donors (Lipinski definition) is 0. The van der Waals surface area contributed by atoms with Gasteiger partial charge in [0.25, 0.3) is 0 Å². The van der Waals surface area contributed by atoms with Crippen molar-refractivity contribution in [2.45, 2.75) is 31.5 Å². The van der Waals surface area contributed by atoms with E-state index in [1.54, 1.807) is 18.4 Å². The Labute approximate surface area is 163 Å². The van der Waals surface area contributed by atoms with Crippen LogP contribution in [-0.4, -0.2) is 51.2 Å². The second-order valence-electron chi connectivity index (χ2n) is 8.03. The largest absolute Gasteiger partial charge is 0.468 e. The van der Waals surface area contributed by atoms with Gasteiger partial charge in [-0.25, -0.2) is 4.39 Å². The predicted octanol–water partition coefficient (Wildman–Crippen LogP) is 3.11. The fraction of sp³-hybridized carbons (Fsp3) is 0.429. The Hall–Kier alpha value is -2.51. The van der Waals surface area contributed by atoms with Crippen LogP contribution < -0.4 is 0 Å². The van der Waals surface area contributed by atoms with E-state index in [1.165, 1.54) is 12.1 Å². The molecule has 3 aromatic rings. The lowest BCUT2D eigenvalue weighted by Gasteiger charge is -2.48. The van der Waals surface area contributed by atoms with Gasteiger partial charge in [-0.05, 0) is 56.3 Å². The van der Waals surface area contributed by atoms with Crippen LogP contribution in [0.4, 0.5) is 4.39 Å². The molecule has 6 nitrogen and oxygen atoms in total. The van der Waals surface area contributed by atoms with Gasteiger partial charge in [-0.2, -0.15) is 0 Å². The smallest absolute Gasteiger partial charge is 0.164 e. The second kappa shape index (κ2) is 6.83. The Bertz CT molecular complexity index is 942. The highest BCUT2D eigenvalue weighted by atomic mass is 19.1. The zero-order valence-electron chi connectivity index (χ0n) is 16.0. The van der Waals surface area contributed by atoms with E-state index < -0.39 is 0 Å². The summed E-state index contributed by atoms with van der Waals surface area (Å²) in [5.74, 6) is 2.62. The van der Waals surface area contributed by atoms with Crippen molar-refractivity contribution in [2.75, 3.05) is 26.7 Å². The molecule has 0 N–H and O–H groups in total. The number of nitrogens with zero attached hydrogens (tertiary/aromatic N) is 5. The van der Waals surface area contributed by atoms with Crippen molar-refractivity contribution in [2.24, 2.45) is 0 Å². The maximum absolute atomic E-state index is 13.4. The number of hydrogen-bond acceptors (Lipinski definition) is 5. The zero-order valence-corrected chi connectivity index (χ0v) is 16.0. The normalized spacial score (nSPS) is 19.8. The van der Waals surface area contributed by atoms with E-state index in [0.29, 0.717) is 0 Å². The predicted molar refractivity (Wildman–Crippen MR) is 103 cm³/mol. The number of fused-ring (bicyclic) bond motifs is 2. The molecule has 2 aliphatic rings. The highest BCUT2D eigenvalue weighted by Gasteiger charge is 2.43. The van der Waals surface area contributed by atoms with E-state index in [9.17, 15) is 4.39 Å². The van der Waals surface area contributed by atoms with E-state index in [-0.39, 0.29) is 11.4 Å². The first-order chi connectivity index (χ1) is 13.6. The van der Waals surface area contributed by atoms with Crippen LogP contribution >= 0.6 is 0 Å². The molecule has 28 heavy (non-hydrogen) atoms. The molecule has 0 amide bonds. The molecule has 0 unspecified atom stereocenters. The van der Waals surface area contributed by atoms with Crippen molar-refractivity contribution in [3.8, 4) is 11.4 Å². The minimum Gasteiger partial charge on any atom is -0.468 e. The summed E-state index contributed by atoms with van der Waals surface area (Å²) in [6.07, 6.45) is 3.78. The summed E-state index contributed by atoms with van der Waals surface area (Å²) in [5.41, 5.74) is 0.886. The molecule has 5 rings (SSSR count). The number of likely N-dealkylation sites (N-methyl/N-ethyl adjacent to an activating group) is 1. The molecule has 2 aliphatic heterocycles. The third kappa shape index (κ3) is 3.04.